The molecule has 4 heteroatoms. The number of nitrogens with zero attached hydrogens (tertiary/aromatic N) is 2. The highest BCUT2D eigenvalue weighted by Crippen LogP contribution is 2.31. The molecule has 2 rings (SSSR count). The first-order valence-electron chi connectivity index (χ1n) is 6.94. The number of phenols is 1. The van der Waals surface area contributed by atoms with Gasteiger partial charge in [-0.1, -0.05) is 12.1 Å². The van der Waals surface area contributed by atoms with Crippen LogP contribution in [0.2, 0.25) is 0 Å². The largest absolute Gasteiger partial charge is 0.508 e. The first-order chi connectivity index (χ1) is 9.45. The first kappa shape index (κ1) is 14.4. The molecule has 1 atom stereocenters. The summed E-state index contributed by atoms with van der Waals surface area (Å²) in [4.78, 5) is 14.3. The molecule has 1 saturated heterocycles. The van der Waals surface area contributed by atoms with E-state index in [0.29, 0.717) is 13.1 Å². The Morgan fingerprint density at radius 1 is 1.35 bits per heavy atom. The van der Waals surface area contributed by atoms with Crippen LogP contribution in [0, 0.1) is 16.7 Å². The van der Waals surface area contributed by atoms with Gasteiger partial charge in [0, 0.05) is 13.1 Å². The van der Waals surface area contributed by atoms with Crippen molar-refractivity contribution in [2.75, 3.05) is 13.1 Å². The summed E-state index contributed by atoms with van der Waals surface area (Å²) < 4.78 is 0. The molecule has 20 heavy (non-hydrogen) atoms. The zero-order valence-corrected chi connectivity index (χ0v) is 12.0. The molecule has 0 spiro atoms. The molecule has 1 aliphatic rings. The summed E-state index contributed by atoms with van der Waals surface area (Å²) in [7, 11) is 0. The molecular weight excluding hydrogens is 252 g/mol. The third-order valence-electron chi connectivity index (χ3n) is 4.21. The number of carbonyl (C=O) groups excluding carboxylic acids is 1. The van der Waals surface area contributed by atoms with Gasteiger partial charge in [-0.25, -0.2) is 0 Å². The lowest BCUT2D eigenvalue weighted by Crippen LogP contribution is -2.43. The summed E-state index contributed by atoms with van der Waals surface area (Å²) in [5, 5.41) is 18.4. The van der Waals surface area contributed by atoms with Gasteiger partial charge in [-0.05, 0) is 44.4 Å². The Morgan fingerprint density at radius 2 is 1.90 bits per heavy atom. The van der Waals surface area contributed by atoms with Crippen molar-refractivity contribution in [3.05, 3.63) is 29.8 Å². The van der Waals surface area contributed by atoms with Gasteiger partial charge in [-0.3, -0.25) is 4.79 Å². The molecule has 0 aromatic heterocycles. The minimum atomic E-state index is -0.293. The number of amides is 1. The Balaban J connectivity index is 2.02. The maximum absolute atomic E-state index is 12.5. The van der Waals surface area contributed by atoms with E-state index >= 15 is 0 Å². The highest BCUT2D eigenvalue weighted by atomic mass is 16.3. The molecule has 1 unspecified atom stereocenters. The van der Waals surface area contributed by atoms with E-state index in [1.54, 1.807) is 24.3 Å². The van der Waals surface area contributed by atoms with E-state index in [0.717, 1.165) is 18.4 Å². The highest BCUT2D eigenvalue weighted by Gasteiger charge is 2.33. The lowest BCUT2D eigenvalue weighted by atomic mass is 9.81. The van der Waals surface area contributed by atoms with Gasteiger partial charge >= 0.3 is 0 Å². The summed E-state index contributed by atoms with van der Waals surface area (Å²) in [6.45, 7) is 5.13. The van der Waals surface area contributed by atoms with Gasteiger partial charge in [0.2, 0.25) is 5.91 Å². The molecule has 1 heterocycles. The maximum Gasteiger partial charge on any atom is 0.229 e. The van der Waals surface area contributed by atoms with Crippen molar-refractivity contribution < 1.29 is 9.90 Å². The lowest BCUT2D eigenvalue weighted by Gasteiger charge is -2.36. The fraction of sp³-hybridized carbons (Fsp3) is 0.500. The fourth-order valence-corrected chi connectivity index (χ4v) is 2.51. The minimum Gasteiger partial charge on any atom is -0.508 e. The topological polar surface area (TPSA) is 64.3 Å². The molecule has 0 bridgehead atoms. The van der Waals surface area contributed by atoms with Crippen LogP contribution in [-0.2, 0) is 4.79 Å². The number of benzene rings is 1. The molecule has 1 aromatic carbocycles. The molecule has 0 aliphatic carbocycles. The number of likely N-dealkylation sites (tertiary alicyclic amines) is 1. The average Bonchev–Trinajstić information content (AvgIpc) is 2.47. The molecule has 106 valence electrons. The molecule has 4 nitrogen and oxygen atoms in total. The molecule has 1 aliphatic heterocycles. The van der Waals surface area contributed by atoms with Crippen molar-refractivity contribution >= 4 is 5.91 Å². The van der Waals surface area contributed by atoms with Crippen molar-refractivity contribution in [1.29, 1.82) is 5.26 Å². The smallest absolute Gasteiger partial charge is 0.229 e. The normalized spacial score (nSPS) is 19.1. The van der Waals surface area contributed by atoms with Crippen LogP contribution >= 0.6 is 0 Å². The second kappa shape index (κ2) is 5.54. The summed E-state index contributed by atoms with van der Waals surface area (Å²) in [5.41, 5.74) is 0.611. The van der Waals surface area contributed by atoms with E-state index in [2.05, 4.69) is 6.07 Å². The van der Waals surface area contributed by atoms with E-state index in [1.807, 2.05) is 18.7 Å². The quantitative estimate of drug-likeness (QED) is 0.900. The molecule has 0 radical (unpaired) electrons. The summed E-state index contributed by atoms with van der Waals surface area (Å²) in [6, 6.07) is 9.10. The average molecular weight is 272 g/mol. The third-order valence-corrected chi connectivity index (χ3v) is 4.21. The van der Waals surface area contributed by atoms with Gasteiger partial charge in [-0.15, -0.1) is 0 Å². The van der Waals surface area contributed by atoms with Gasteiger partial charge < -0.3 is 10.0 Å². The van der Waals surface area contributed by atoms with Crippen LogP contribution in [0.3, 0.4) is 0 Å². The Bertz CT molecular complexity index is 522. The van der Waals surface area contributed by atoms with Gasteiger partial charge in [0.05, 0.1) is 17.4 Å². The molecule has 1 aromatic rings. The third kappa shape index (κ3) is 2.93. The zero-order valence-electron chi connectivity index (χ0n) is 12.0. The van der Waals surface area contributed by atoms with Gasteiger partial charge in [-0.2, -0.15) is 5.26 Å². The number of nitriles is 1. The van der Waals surface area contributed by atoms with Crippen LogP contribution in [0.25, 0.3) is 0 Å². The van der Waals surface area contributed by atoms with Crippen molar-refractivity contribution in [3.63, 3.8) is 0 Å². The van der Waals surface area contributed by atoms with Crippen molar-refractivity contribution in [1.82, 2.24) is 4.90 Å². The van der Waals surface area contributed by atoms with Gasteiger partial charge in [0.25, 0.3) is 0 Å². The molecule has 1 amide bonds. The number of piperidine rings is 1. The standard InChI is InChI=1S/C16H20N2O2/c1-12(13-3-5-14(19)6-4-13)15(20)18-9-7-16(2,11-17)8-10-18/h3-6,12,19H,7-10H2,1-2H3. The molecule has 1 fully saturated rings. The Labute approximate surface area is 119 Å². The second-order valence-electron chi connectivity index (χ2n) is 5.81. The summed E-state index contributed by atoms with van der Waals surface area (Å²) in [5.74, 6) is 0.0777. The molecular formula is C16H20N2O2. The fourth-order valence-electron chi connectivity index (χ4n) is 2.51. The van der Waals surface area contributed by atoms with Crippen LogP contribution in [0.5, 0.6) is 5.75 Å². The van der Waals surface area contributed by atoms with Crippen LogP contribution in [0.4, 0.5) is 0 Å². The van der Waals surface area contributed by atoms with Gasteiger partial charge in [0.15, 0.2) is 0 Å². The van der Waals surface area contributed by atoms with Crippen LogP contribution < -0.4 is 0 Å². The number of carbonyl (C=O) groups is 1. The van der Waals surface area contributed by atoms with Gasteiger partial charge in [0.1, 0.15) is 5.75 Å². The van der Waals surface area contributed by atoms with Crippen molar-refractivity contribution in [2.24, 2.45) is 5.41 Å². The van der Waals surface area contributed by atoms with Crippen LogP contribution in [-0.4, -0.2) is 29.0 Å². The predicted molar refractivity (Wildman–Crippen MR) is 76.1 cm³/mol. The maximum atomic E-state index is 12.5. The SMILES string of the molecule is CC(C(=O)N1CCC(C)(C#N)CC1)c1ccc(O)cc1. The van der Waals surface area contributed by atoms with Crippen LogP contribution in [0.1, 0.15) is 38.2 Å². The van der Waals surface area contributed by atoms with E-state index < -0.39 is 0 Å². The van der Waals surface area contributed by atoms with E-state index in [9.17, 15) is 9.90 Å². The number of aromatic hydroxyl groups is 1. The van der Waals surface area contributed by atoms with E-state index in [-0.39, 0.29) is 23.0 Å². The number of hydrogen-bond acceptors (Lipinski definition) is 3. The number of hydrogen-bond donors (Lipinski definition) is 1. The highest BCUT2D eigenvalue weighted by molar-refractivity contribution is 5.83. The Morgan fingerprint density at radius 3 is 2.40 bits per heavy atom. The summed E-state index contributed by atoms with van der Waals surface area (Å²) >= 11 is 0. The van der Waals surface area contributed by atoms with Crippen LogP contribution in [0.15, 0.2) is 24.3 Å². The predicted octanol–water partition coefficient (Wildman–Crippen LogP) is 2.65. The van der Waals surface area contributed by atoms with E-state index in [1.165, 1.54) is 0 Å². The molecule has 0 saturated carbocycles. The minimum absolute atomic E-state index is 0.0932. The van der Waals surface area contributed by atoms with Crippen molar-refractivity contribution in [2.45, 2.75) is 32.6 Å². The monoisotopic (exact) mass is 272 g/mol. The van der Waals surface area contributed by atoms with E-state index in [4.69, 9.17) is 5.26 Å². The number of phenolic OH excluding ortho intramolecular Hbond substituents is 1. The molecule has 1 N–H and O–H groups in total. The van der Waals surface area contributed by atoms with Crippen molar-refractivity contribution in [3.8, 4) is 11.8 Å². The second-order valence-corrected chi connectivity index (χ2v) is 5.81. The zero-order chi connectivity index (χ0) is 14.8. The first-order valence-corrected chi connectivity index (χ1v) is 6.94. The lowest BCUT2D eigenvalue weighted by molar-refractivity contribution is -0.134. The Kier molecular flexibility index (Phi) is 3.99. The Hall–Kier alpha value is -2.02. The summed E-state index contributed by atoms with van der Waals surface area (Å²) in [6.07, 6.45) is 1.47. The number of rotatable bonds is 2.